The van der Waals surface area contributed by atoms with Crippen molar-refractivity contribution in [2.45, 2.75) is 11.6 Å². The summed E-state index contributed by atoms with van der Waals surface area (Å²) in [4.78, 5) is 0. The van der Waals surface area contributed by atoms with E-state index in [-0.39, 0.29) is 6.61 Å². The number of benzene rings is 1. The molecule has 2 aromatic rings. The van der Waals surface area contributed by atoms with Crippen molar-refractivity contribution in [3.8, 4) is 5.75 Å². The molecule has 0 atom stereocenters. The summed E-state index contributed by atoms with van der Waals surface area (Å²) in [5.74, 6) is 0.397. The van der Waals surface area contributed by atoms with Crippen molar-refractivity contribution in [3.05, 3.63) is 39.0 Å². The standard InChI is InChI=1S/C11H9Cl3N2OS/c1-16-10(18)4-7(15-16)5-17-11-8(13)2-6(12)3-9(11)14/h2-4,18H,5H2,1H3. The van der Waals surface area contributed by atoms with Crippen LogP contribution in [0.4, 0.5) is 0 Å². The van der Waals surface area contributed by atoms with Gasteiger partial charge in [-0.15, -0.1) is 12.6 Å². The number of aromatic nitrogens is 2. The Kier molecular flexibility index (Phi) is 4.33. The van der Waals surface area contributed by atoms with Gasteiger partial charge < -0.3 is 4.74 Å². The van der Waals surface area contributed by atoms with Crippen molar-refractivity contribution in [1.29, 1.82) is 0 Å². The van der Waals surface area contributed by atoms with Gasteiger partial charge in [0.1, 0.15) is 12.3 Å². The Hall–Kier alpha value is -0.550. The lowest BCUT2D eigenvalue weighted by molar-refractivity contribution is 0.300. The molecule has 0 radical (unpaired) electrons. The molecule has 0 aliphatic rings. The van der Waals surface area contributed by atoms with Crippen LogP contribution in [0.3, 0.4) is 0 Å². The van der Waals surface area contributed by atoms with E-state index in [0.29, 0.717) is 20.8 Å². The topological polar surface area (TPSA) is 27.1 Å². The molecule has 0 spiro atoms. The van der Waals surface area contributed by atoms with Crippen LogP contribution in [0.2, 0.25) is 15.1 Å². The summed E-state index contributed by atoms with van der Waals surface area (Å²) < 4.78 is 7.19. The SMILES string of the molecule is Cn1nc(COc2c(Cl)cc(Cl)cc2Cl)cc1S. The van der Waals surface area contributed by atoms with Crippen LogP contribution in [0.1, 0.15) is 5.69 Å². The van der Waals surface area contributed by atoms with Gasteiger partial charge >= 0.3 is 0 Å². The number of thiol groups is 1. The highest BCUT2D eigenvalue weighted by Crippen LogP contribution is 2.36. The highest BCUT2D eigenvalue weighted by atomic mass is 35.5. The number of nitrogens with zero attached hydrogens (tertiary/aromatic N) is 2. The number of halogens is 3. The molecular formula is C11H9Cl3N2OS. The second-order valence-electron chi connectivity index (χ2n) is 3.60. The van der Waals surface area contributed by atoms with Crippen LogP contribution < -0.4 is 4.74 Å². The van der Waals surface area contributed by atoms with Crippen LogP contribution >= 0.6 is 47.4 Å². The molecule has 1 aromatic heterocycles. The first kappa shape index (κ1) is 13.9. The largest absolute Gasteiger partial charge is 0.484 e. The molecule has 7 heteroatoms. The Balaban J connectivity index is 2.15. The molecule has 18 heavy (non-hydrogen) atoms. The third kappa shape index (κ3) is 3.06. The van der Waals surface area contributed by atoms with Crippen molar-refractivity contribution in [1.82, 2.24) is 9.78 Å². The number of ether oxygens (including phenoxy) is 1. The average Bonchev–Trinajstić information content (AvgIpc) is 2.56. The van der Waals surface area contributed by atoms with Gasteiger partial charge in [0.2, 0.25) is 0 Å². The Morgan fingerprint density at radius 2 is 1.83 bits per heavy atom. The molecule has 0 aliphatic carbocycles. The lowest BCUT2D eigenvalue weighted by Crippen LogP contribution is -1.99. The first-order valence-corrected chi connectivity index (χ1v) is 6.54. The molecular weight excluding hydrogens is 315 g/mol. The number of aryl methyl sites for hydroxylation is 1. The molecule has 0 saturated heterocycles. The van der Waals surface area contributed by atoms with Crippen molar-refractivity contribution in [3.63, 3.8) is 0 Å². The summed E-state index contributed by atoms with van der Waals surface area (Å²) >= 11 is 22.0. The van der Waals surface area contributed by atoms with Crippen molar-refractivity contribution in [2.24, 2.45) is 7.05 Å². The second kappa shape index (κ2) is 5.61. The van der Waals surface area contributed by atoms with Gasteiger partial charge in [-0.3, -0.25) is 4.68 Å². The van der Waals surface area contributed by atoms with Crippen LogP contribution in [0, 0.1) is 0 Å². The fourth-order valence-electron chi connectivity index (χ4n) is 1.40. The molecule has 0 fully saturated rings. The van der Waals surface area contributed by atoms with E-state index in [9.17, 15) is 0 Å². The molecule has 3 nitrogen and oxygen atoms in total. The maximum atomic E-state index is 6.00. The number of hydrogen-bond acceptors (Lipinski definition) is 3. The van der Waals surface area contributed by atoms with E-state index in [4.69, 9.17) is 39.5 Å². The Morgan fingerprint density at radius 1 is 1.22 bits per heavy atom. The summed E-state index contributed by atoms with van der Waals surface area (Å²) in [5.41, 5.74) is 0.740. The molecule has 0 amide bonds. The molecule has 2 rings (SSSR count). The maximum Gasteiger partial charge on any atom is 0.157 e. The number of hydrogen-bond donors (Lipinski definition) is 1. The third-order valence-corrected chi connectivity index (χ3v) is 3.43. The van der Waals surface area contributed by atoms with Crippen LogP contribution in [-0.2, 0) is 13.7 Å². The van der Waals surface area contributed by atoms with Gasteiger partial charge in [0.05, 0.1) is 15.1 Å². The molecule has 1 heterocycles. The summed E-state index contributed by atoms with van der Waals surface area (Å²) in [5, 5.41) is 6.16. The van der Waals surface area contributed by atoms with Crippen molar-refractivity contribution >= 4 is 47.4 Å². The predicted molar refractivity (Wildman–Crippen MR) is 76.3 cm³/mol. The van der Waals surface area contributed by atoms with Crippen molar-refractivity contribution < 1.29 is 4.74 Å². The highest BCUT2D eigenvalue weighted by molar-refractivity contribution is 7.80. The Morgan fingerprint density at radius 3 is 2.33 bits per heavy atom. The van der Waals surface area contributed by atoms with E-state index in [1.54, 1.807) is 29.9 Å². The van der Waals surface area contributed by atoms with Crippen LogP contribution in [0.5, 0.6) is 5.75 Å². The van der Waals surface area contributed by atoms with Gasteiger partial charge in [0.25, 0.3) is 0 Å². The van der Waals surface area contributed by atoms with E-state index in [1.165, 1.54) is 0 Å². The molecule has 1 aromatic carbocycles. The zero-order valence-electron chi connectivity index (χ0n) is 9.32. The van der Waals surface area contributed by atoms with Gasteiger partial charge in [0.15, 0.2) is 5.75 Å². The van der Waals surface area contributed by atoms with E-state index in [0.717, 1.165) is 10.7 Å². The quantitative estimate of drug-likeness (QED) is 0.855. The third-order valence-electron chi connectivity index (χ3n) is 2.23. The van der Waals surface area contributed by atoms with E-state index >= 15 is 0 Å². The predicted octanol–water partition coefficient (Wildman–Crippen LogP) is 4.25. The van der Waals surface area contributed by atoms with E-state index in [2.05, 4.69) is 17.7 Å². The Bertz CT molecular complexity index is 543. The molecule has 0 aliphatic heterocycles. The van der Waals surface area contributed by atoms with Gasteiger partial charge in [-0.1, -0.05) is 34.8 Å². The highest BCUT2D eigenvalue weighted by Gasteiger charge is 2.10. The van der Waals surface area contributed by atoms with Gasteiger partial charge in [-0.05, 0) is 18.2 Å². The molecule has 0 saturated carbocycles. The fourth-order valence-corrected chi connectivity index (χ4v) is 2.52. The van der Waals surface area contributed by atoms with Gasteiger partial charge in [-0.2, -0.15) is 5.10 Å². The van der Waals surface area contributed by atoms with Crippen LogP contribution in [0.25, 0.3) is 0 Å². The van der Waals surface area contributed by atoms with Gasteiger partial charge in [0, 0.05) is 12.1 Å². The summed E-state index contributed by atoms with van der Waals surface area (Å²) in [7, 11) is 1.80. The van der Waals surface area contributed by atoms with Gasteiger partial charge in [-0.25, -0.2) is 0 Å². The summed E-state index contributed by atoms with van der Waals surface area (Å²) in [6.45, 7) is 0.259. The minimum absolute atomic E-state index is 0.259. The minimum atomic E-state index is 0.259. The average molecular weight is 324 g/mol. The molecule has 0 unspecified atom stereocenters. The van der Waals surface area contributed by atoms with E-state index < -0.39 is 0 Å². The minimum Gasteiger partial charge on any atom is -0.484 e. The lowest BCUT2D eigenvalue weighted by atomic mass is 10.3. The second-order valence-corrected chi connectivity index (χ2v) is 5.31. The molecule has 96 valence electrons. The fraction of sp³-hybridized carbons (Fsp3) is 0.182. The smallest absolute Gasteiger partial charge is 0.157 e. The first-order chi connectivity index (χ1) is 8.47. The van der Waals surface area contributed by atoms with E-state index in [1.807, 2.05) is 0 Å². The normalized spacial score (nSPS) is 10.7. The number of rotatable bonds is 3. The Labute approximate surface area is 125 Å². The van der Waals surface area contributed by atoms with Crippen molar-refractivity contribution in [2.75, 3.05) is 0 Å². The zero-order valence-corrected chi connectivity index (χ0v) is 12.5. The lowest BCUT2D eigenvalue weighted by Gasteiger charge is -2.08. The monoisotopic (exact) mass is 322 g/mol. The summed E-state index contributed by atoms with van der Waals surface area (Å²) in [6.07, 6.45) is 0. The first-order valence-electron chi connectivity index (χ1n) is 4.96. The molecule has 0 N–H and O–H groups in total. The van der Waals surface area contributed by atoms with Crippen LogP contribution in [0.15, 0.2) is 23.2 Å². The summed E-state index contributed by atoms with van der Waals surface area (Å²) in [6, 6.07) is 4.96. The van der Waals surface area contributed by atoms with Crippen LogP contribution in [-0.4, -0.2) is 9.78 Å². The maximum absolute atomic E-state index is 6.00. The molecule has 0 bridgehead atoms. The zero-order chi connectivity index (χ0) is 13.3.